The van der Waals surface area contributed by atoms with Crippen LogP contribution in [0.15, 0.2) is 24.3 Å². The molecule has 0 radical (unpaired) electrons. The van der Waals surface area contributed by atoms with Gasteiger partial charge >= 0.3 is 11.9 Å². The molecule has 0 aliphatic carbocycles. The highest BCUT2D eigenvalue weighted by atomic mass is 16.4. The third-order valence-corrected chi connectivity index (χ3v) is 3.87. The minimum atomic E-state index is -1.19. The number of carbonyl (C=O) groups is 2. The Balaban J connectivity index is 3.02. The second-order valence-corrected chi connectivity index (χ2v) is 5.36. The van der Waals surface area contributed by atoms with Crippen molar-refractivity contribution < 1.29 is 19.8 Å². The van der Waals surface area contributed by atoms with Gasteiger partial charge in [-0.1, -0.05) is 51.0 Å². The second kappa shape index (κ2) is 6.60. The summed E-state index contributed by atoms with van der Waals surface area (Å²) in [6.07, 6.45) is 2.97. The monoisotopic (exact) mass is 300 g/mol. The van der Waals surface area contributed by atoms with Gasteiger partial charge in [-0.25, -0.2) is 9.59 Å². The van der Waals surface area contributed by atoms with Gasteiger partial charge in [0.05, 0.1) is 11.1 Å². The highest BCUT2D eigenvalue weighted by Gasteiger charge is 2.26. The van der Waals surface area contributed by atoms with E-state index in [1.54, 1.807) is 12.1 Å². The van der Waals surface area contributed by atoms with Gasteiger partial charge in [-0.3, -0.25) is 0 Å². The number of aryl methyl sites for hydroxylation is 1. The first-order chi connectivity index (χ1) is 10.5. The fraction of sp³-hybridized carbons (Fsp3) is 0.333. The van der Waals surface area contributed by atoms with E-state index in [1.165, 1.54) is 0 Å². The molecule has 116 valence electrons. The van der Waals surface area contributed by atoms with Crippen molar-refractivity contribution in [2.75, 3.05) is 0 Å². The largest absolute Gasteiger partial charge is 0.478 e. The predicted octanol–water partition coefficient (Wildman–Crippen LogP) is 4.14. The number of fused-ring (bicyclic) bond motifs is 1. The molecule has 4 heteroatoms. The van der Waals surface area contributed by atoms with Gasteiger partial charge in [0.1, 0.15) is 0 Å². The van der Waals surface area contributed by atoms with Crippen molar-refractivity contribution in [3.63, 3.8) is 0 Å². The molecule has 2 N–H and O–H groups in total. The summed E-state index contributed by atoms with van der Waals surface area (Å²) in [4.78, 5) is 23.5. The number of rotatable bonds is 6. The molecule has 0 spiro atoms. The lowest BCUT2D eigenvalue weighted by Crippen LogP contribution is -2.15. The molecule has 0 aromatic heterocycles. The lowest BCUT2D eigenvalue weighted by Gasteiger charge is -2.18. The van der Waals surface area contributed by atoms with E-state index >= 15 is 0 Å². The van der Waals surface area contributed by atoms with Crippen LogP contribution in [0.5, 0.6) is 0 Å². The smallest absolute Gasteiger partial charge is 0.337 e. The Hall–Kier alpha value is -2.36. The van der Waals surface area contributed by atoms with Crippen LogP contribution in [0.1, 0.15) is 58.5 Å². The van der Waals surface area contributed by atoms with Crippen LogP contribution in [0, 0.1) is 0 Å². The molecule has 22 heavy (non-hydrogen) atoms. The molecule has 2 rings (SSSR count). The molecule has 0 bridgehead atoms. The number of benzene rings is 2. The van der Waals surface area contributed by atoms with Gasteiger partial charge < -0.3 is 10.2 Å². The van der Waals surface area contributed by atoms with Gasteiger partial charge in [0.15, 0.2) is 0 Å². The first kappa shape index (κ1) is 16.0. The van der Waals surface area contributed by atoms with E-state index in [0.717, 1.165) is 30.2 Å². The van der Waals surface area contributed by atoms with Crippen LogP contribution < -0.4 is 0 Å². The van der Waals surface area contributed by atoms with Crippen LogP contribution in [-0.2, 0) is 12.8 Å². The first-order valence-corrected chi connectivity index (χ1v) is 7.55. The Kier molecular flexibility index (Phi) is 4.81. The van der Waals surface area contributed by atoms with E-state index in [2.05, 4.69) is 0 Å². The average Bonchev–Trinajstić information content (AvgIpc) is 2.48. The molecule has 0 aliphatic heterocycles. The molecule has 0 heterocycles. The topological polar surface area (TPSA) is 74.6 Å². The summed E-state index contributed by atoms with van der Waals surface area (Å²) in [5, 5.41) is 20.5. The van der Waals surface area contributed by atoms with E-state index in [9.17, 15) is 19.8 Å². The van der Waals surface area contributed by atoms with Gasteiger partial charge in [0, 0.05) is 0 Å². The Morgan fingerprint density at radius 3 is 1.82 bits per heavy atom. The Morgan fingerprint density at radius 2 is 1.32 bits per heavy atom. The number of carboxylic acids is 2. The van der Waals surface area contributed by atoms with Crippen LogP contribution in [0.3, 0.4) is 0 Å². The summed E-state index contributed by atoms with van der Waals surface area (Å²) in [5.74, 6) is -2.35. The molecule has 0 saturated heterocycles. The molecule has 2 aromatic rings. The third-order valence-electron chi connectivity index (χ3n) is 3.87. The SMILES string of the molecule is CCCc1c(C(=O)O)c(C(=O)O)c2ccccc2c1CCC. The van der Waals surface area contributed by atoms with Crippen molar-refractivity contribution in [3.8, 4) is 0 Å². The Bertz CT molecular complexity index is 731. The number of aromatic carboxylic acids is 2. The quantitative estimate of drug-likeness (QED) is 0.840. The number of hydrogen-bond donors (Lipinski definition) is 2. The van der Waals surface area contributed by atoms with Crippen molar-refractivity contribution in [2.24, 2.45) is 0 Å². The van der Waals surface area contributed by atoms with Crippen LogP contribution in [-0.4, -0.2) is 22.2 Å². The molecule has 0 unspecified atom stereocenters. The fourth-order valence-corrected chi connectivity index (χ4v) is 3.08. The Labute approximate surface area is 129 Å². The maximum atomic E-state index is 11.8. The minimum absolute atomic E-state index is 0.0449. The van der Waals surface area contributed by atoms with Crippen LogP contribution >= 0.6 is 0 Å². The van der Waals surface area contributed by atoms with Crippen LogP contribution in [0.2, 0.25) is 0 Å². The normalized spacial score (nSPS) is 10.8. The van der Waals surface area contributed by atoms with Gasteiger partial charge in [0.25, 0.3) is 0 Å². The van der Waals surface area contributed by atoms with Gasteiger partial charge in [-0.2, -0.15) is 0 Å². The number of hydrogen-bond acceptors (Lipinski definition) is 2. The maximum Gasteiger partial charge on any atom is 0.337 e. The molecule has 0 fully saturated rings. The lowest BCUT2D eigenvalue weighted by atomic mass is 9.85. The molecule has 0 amide bonds. The zero-order valence-electron chi connectivity index (χ0n) is 12.8. The second-order valence-electron chi connectivity index (χ2n) is 5.36. The standard InChI is InChI=1S/C18H20O4/c1-3-7-11-12-9-5-6-10-14(12)16(18(21)22)15(17(19)20)13(11)8-4-2/h5-6,9-10H,3-4,7-8H2,1-2H3,(H,19,20)(H,21,22). The zero-order valence-corrected chi connectivity index (χ0v) is 12.8. The minimum Gasteiger partial charge on any atom is -0.478 e. The maximum absolute atomic E-state index is 11.8. The Morgan fingerprint density at radius 1 is 0.818 bits per heavy atom. The highest BCUT2D eigenvalue weighted by Crippen LogP contribution is 2.33. The molecular formula is C18H20O4. The van der Waals surface area contributed by atoms with E-state index in [0.29, 0.717) is 17.4 Å². The zero-order chi connectivity index (χ0) is 16.3. The van der Waals surface area contributed by atoms with E-state index in [-0.39, 0.29) is 11.1 Å². The molecule has 4 nitrogen and oxygen atoms in total. The summed E-state index contributed by atoms with van der Waals surface area (Å²) in [5.41, 5.74) is 1.51. The van der Waals surface area contributed by atoms with Crippen molar-refractivity contribution in [2.45, 2.75) is 39.5 Å². The van der Waals surface area contributed by atoms with Gasteiger partial charge in [-0.15, -0.1) is 0 Å². The summed E-state index contributed by atoms with van der Waals surface area (Å²) in [7, 11) is 0. The number of carboxylic acid groups (broad SMARTS) is 2. The fourth-order valence-electron chi connectivity index (χ4n) is 3.08. The van der Waals surface area contributed by atoms with E-state index in [4.69, 9.17) is 0 Å². The highest BCUT2D eigenvalue weighted by molar-refractivity contribution is 6.13. The van der Waals surface area contributed by atoms with Gasteiger partial charge in [0.2, 0.25) is 0 Å². The summed E-state index contributed by atoms with van der Waals surface area (Å²) in [6.45, 7) is 4.01. The predicted molar refractivity (Wildman–Crippen MR) is 85.9 cm³/mol. The molecule has 0 saturated carbocycles. The van der Waals surface area contributed by atoms with Crippen molar-refractivity contribution in [1.29, 1.82) is 0 Å². The molecule has 2 aromatic carbocycles. The van der Waals surface area contributed by atoms with Crippen LogP contribution in [0.25, 0.3) is 10.8 Å². The summed E-state index contributed by atoms with van der Waals surface area (Å²) in [6, 6.07) is 7.19. The summed E-state index contributed by atoms with van der Waals surface area (Å²) < 4.78 is 0. The van der Waals surface area contributed by atoms with Crippen molar-refractivity contribution in [3.05, 3.63) is 46.5 Å². The lowest BCUT2D eigenvalue weighted by molar-refractivity contribution is 0.0652. The average molecular weight is 300 g/mol. The molecular weight excluding hydrogens is 280 g/mol. The van der Waals surface area contributed by atoms with E-state index in [1.807, 2.05) is 26.0 Å². The van der Waals surface area contributed by atoms with Gasteiger partial charge in [-0.05, 0) is 34.7 Å². The van der Waals surface area contributed by atoms with Crippen LogP contribution in [0.4, 0.5) is 0 Å². The molecule has 0 aliphatic rings. The first-order valence-electron chi connectivity index (χ1n) is 7.55. The van der Waals surface area contributed by atoms with Crippen molar-refractivity contribution in [1.82, 2.24) is 0 Å². The van der Waals surface area contributed by atoms with E-state index < -0.39 is 11.9 Å². The molecule has 0 atom stereocenters. The van der Waals surface area contributed by atoms with Crippen molar-refractivity contribution >= 4 is 22.7 Å². The third kappa shape index (κ3) is 2.69. The summed E-state index contributed by atoms with van der Waals surface area (Å²) >= 11 is 0.